The fraction of sp³-hybridized carbons (Fsp3) is 0.792. The number of allylic oxidation sites excluding steroid dienone is 8. The number of phosphoric ester groups is 1. The monoisotopic (exact) mass is 838 g/mol. The van der Waals surface area contributed by atoms with Gasteiger partial charge in [-0.15, -0.1) is 0 Å². The Bertz CT molecular complexity index is 1090. The molecular weight excluding hydrogens is 750 g/mol. The number of phosphoric acid groups is 1. The summed E-state index contributed by atoms with van der Waals surface area (Å²) >= 11 is 0. The van der Waals surface area contributed by atoms with Crippen LogP contribution in [0, 0.1) is 0 Å². The summed E-state index contributed by atoms with van der Waals surface area (Å²) in [7, 11) is -4.39. The summed E-state index contributed by atoms with van der Waals surface area (Å²) < 4.78 is 32.8. The minimum Gasteiger partial charge on any atom is -0.462 e. The van der Waals surface area contributed by atoms with E-state index in [9.17, 15) is 19.0 Å². The molecule has 9 nitrogen and oxygen atoms in total. The Kier molecular flexibility index (Phi) is 43.0. The van der Waals surface area contributed by atoms with E-state index in [1.54, 1.807) is 0 Å². The lowest BCUT2D eigenvalue weighted by Crippen LogP contribution is -2.29. The molecule has 0 rings (SSSR count). The van der Waals surface area contributed by atoms with Crippen LogP contribution in [0.5, 0.6) is 0 Å². The molecule has 0 fully saturated rings. The van der Waals surface area contributed by atoms with E-state index in [1.807, 2.05) is 30.4 Å². The van der Waals surface area contributed by atoms with Crippen LogP contribution in [-0.4, -0.2) is 49.3 Å². The Balaban J connectivity index is 4.06. The van der Waals surface area contributed by atoms with Crippen molar-refractivity contribution in [3.8, 4) is 0 Å². The van der Waals surface area contributed by atoms with Gasteiger partial charge in [-0.3, -0.25) is 18.6 Å². The van der Waals surface area contributed by atoms with E-state index in [4.69, 9.17) is 24.3 Å². The number of unbranched alkanes of at least 4 members (excludes halogenated alkanes) is 26. The van der Waals surface area contributed by atoms with E-state index >= 15 is 0 Å². The molecule has 0 amide bonds. The number of esters is 2. The van der Waals surface area contributed by atoms with Crippen LogP contribution in [0.3, 0.4) is 0 Å². The minimum atomic E-state index is -4.39. The first-order valence-corrected chi connectivity index (χ1v) is 25.2. The number of hydrogen-bond acceptors (Lipinski definition) is 8. The van der Waals surface area contributed by atoms with Gasteiger partial charge in [-0.1, -0.05) is 217 Å². The summed E-state index contributed by atoms with van der Waals surface area (Å²) in [4.78, 5) is 34.9. The van der Waals surface area contributed by atoms with E-state index in [1.165, 1.54) is 122 Å². The third kappa shape index (κ3) is 43.5. The summed E-state index contributed by atoms with van der Waals surface area (Å²) in [5.41, 5.74) is 5.35. The topological polar surface area (TPSA) is 134 Å². The second-order valence-electron chi connectivity index (χ2n) is 15.7. The first-order valence-electron chi connectivity index (χ1n) is 23.7. The highest BCUT2D eigenvalue weighted by Gasteiger charge is 2.26. The lowest BCUT2D eigenvalue weighted by atomic mass is 10.0. The first kappa shape index (κ1) is 56.0. The summed E-state index contributed by atoms with van der Waals surface area (Å²) in [6.07, 6.45) is 51.5. The maximum Gasteiger partial charge on any atom is 0.472 e. The molecule has 58 heavy (non-hydrogen) atoms. The van der Waals surface area contributed by atoms with Gasteiger partial charge in [0.2, 0.25) is 0 Å². The Morgan fingerprint density at radius 1 is 0.534 bits per heavy atom. The van der Waals surface area contributed by atoms with Crippen LogP contribution >= 0.6 is 7.82 Å². The third-order valence-electron chi connectivity index (χ3n) is 10.1. The van der Waals surface area contributed by atoms with Gasteiger partial charge in [0, 0.05) is 19.4 Å². The van der Waals surface area contributed by atoms with Crippen LogP contribution < -0.4 is 5.73 Å². The summed E-state index contributed by atoms with van der Waals surface area (Å²) in [6.45, 7) is 3.59. The number of carbonyl (C=O) groups excluding carboxylic acids is 2. The number of carbonyl (C=O) groups is 2. The second kappa shape index (κ2) is 44.5. The lowest BCUT2D eigenvalue weighted by molar-refractivity contribution is -0.161. The molecule has 1 unspecified atom stereocenters. The van der Waals surface area contributed by atoms with Gasteiger partial charge in [0.1, 0.15) is 6.61 Å². The Morgan fingerprint density at radius 3 is 1.41 bits per heavy atom. The number of nitrogens with two attached hydrogens (primary N) is 1. The maximum atomic E-state index is 12.6. The van der Waals surface area contributed by atoms with Crippen molar-refractivity contribution < 1.29 is 37.6 Å². The van der Waals surface area contributed by atoms with Gasteiger partial charge in [0.15, 0.2) is 6.10 Å². The predicted octanol–water partition coefficient (Wildman–Crippen LogP) is 13.9. The third-order valence-corrected chi connectivity index (χ3v) is 11.1. The minimum absolute atomic E-state index is 0.0484. The molecule has 0 radical (unpaired) electrons. The van der Waals surface area contributed by atoms with Crippen molar-refractivity contribution in [1.82, 2.24) is 0 Å². The largest absolute Gasteiger partial charge is 0.472 e. The summed E-state index contributed by atoms with van der Waals surface area (Å²) in [6, 6.07) is 0. The molecule has 0 aromatic carbocycles. The van der Waals surface area contributed by atoms with Gasteiger partial charge in [0.05, 0.1) is 13.2 Å². The van der Waals surface area contributed by atoms with Gasteiger partial charge < -0.3 is 20.1 Å². The SMILES string of the molecule is CC/C=C/C=C/C=C/C=C/CCCCCCCC(=O)O[C@H](COC(=O)CCCCCCCCCCCCCCCCCCCCCCCC)COP(=O)(O)OCCN. The van der Waals surface area contributed by atoms with Crippen molar-refractivity contribution in [2.75, 3.05) is 26.4 Å². The van der Waals surface area contributed by atoms with Crippen LogP contribution in [0.2, 0.25) is 0 Å². The van der Waals surface area contributed by atoms with E-state index in [0.717, 1.165) is 57.8 Å². The molecule has 0 aliphatic heterocycles. The average Bonchev–Trinajstić information content (AvgIpc) is 3.21. The molecule has 0 bridgehead atoms. The standard InChI is InChI=1S/C48H88NO8P/c1-3-5-7-9-11-13-15-17-19-20-21-22-23-24-25-27-28-30-32-34-36-38-40-47(50)54-44-46(45-56-58(52,53)55-43-42-49)57-48(51)41-39-37-35-33-31-29-26-18-16-14-12-10-8-6-4-2/h6,8,10,12,14,16,18,26,46H,3-5,7,9,11,13,15,17,19-25,27-45,49H2,1-2H3,(H,52,53)/b8-6+,12-10+,16-14+,26-18+/t46-/m1/s1. The molecule has 0 saturated heterocycles. The molecule has 3 N–H and O–H groups in total. The molecule has 10 heteroatoms. The zero-order chi connectivity index (χ0) is 42.5. The molecule has 0 aromatic heterocycles. The quantitative estimate of drug-likeness (QED) is 0.0266. The van der Waals surface area contributed by atoms with Crippen molar-refractivity contribution in [1.29, 1.82) is 0 Å². The normalized spacial score (nSPS) is 13.7. The smallest absolute Gasteiger partial charge is 0.462 e. The van der Waals surface area contributed by atoms with Crippen LogP contribution in [-0.2, 0) is 32.7 Å². The highest BCUT2D eigenvalue weighted by atomic mass is 31.2. The van der Waals surface area contributed by atoms with Gasteiger partial charge in [-0.2, -0.15) is 0 Å². The Hall–Kier alpha value is -2.03. The fourth-order valence-electron chi connectivity index (χ4n) is 6.59. The van der Waals surface area contributed by atoms with Crippen molar-refractivity contribution in [2.45, 2.75) is 219 Å². The second-order valence-corrected chi connectivity index (χ2v) is 17.2. The highest BCUT2D eigenvalue weighted by Crippen LogP contribution is 2.43. The zero-order valence-corrected chi connectivity index (χ0v) is 38.2. The van der Waals surface area contributed by atoms with E-state index < -0.39 is 26.5 Å². The Labute approximate surface area is 356 Å². The van der Waals surface area contributed by atoms with Gasteiger partial charge in [-0.05, 0) is 32.1 Å². The van der Waals surface area contributed by atoms with Gasteiger partial charge in [0.25, 0.3) is 0 Å². The first-order chi connectivity index (χ1) is 28.3. The van der Waals surface area contributed by atoms with Crippen LogP contribution in [0.1, 0.15) is 213 Å². The molecule has 338 valence electrons. The lowest BCUT2D eigenvalue weighted by Gasteiger charge is -2.19. The molecule has 2 atom stereocenters. The van der Waals surface area contributed by atoms with Gasteiger partial charge >= 0.3 is 19.8 Å². The molecule has 0 aliphatic carbocycles. The average molecular weight is 838 g/mol. The van der Waals surface area contributed by atoms with Crippen molar-refractivity contribution in [3.05, 3.63) is 48.6 Å². The van der Waals surface area contributed by atoms with Crippen LogP contribution in [0.25, 0.3) is 0 Å². The van der Waals surface area contributed by atoms with Crippen LogP contribution in [0.15, 0.2) is 48.6 Å². The number of hydrogen-bond donors (Lipinski definition) is 2. The van der Waals surface area contributed by atoms with Crippen molar-refractivity contribution in [2.24, 2.45) is 5.73 Å². The molecule has 0 heterocycles. The number of rotatable bonds is 44. The zero-order valence-electron chi connectivity index (χ0n) is 37.3. The van der Waals surface area contributed by atoms with Gasteiger partial charge in [-0.25, -0.2) is 4.57 Å². The molecule has 0 saturated carbocycles. The number of ether oxygens (including phenoxy) is 2. The van der Waals surface area contributed by atoms with E-state index in [2.05, 4.69) is 32.1 Å². The summed E-state index contributed by atoms with van der Waals surface area (Å²) in [5, 5.41) is 0. The van der Waals surface area contributed by atoms with Crippen molar-refractivity contribution in [3.63, 3.8) is 0 Å². The maximum absolute atomic E-state index is 12.6. The highest BCUT2D eigenvalue weighted by molar-refractivity contribution is 7.47. The molecule has 0 aromatic rings. The predicted molar refractivity (Wildman–Crippen MR) is 243 cm³/mol. The summed E-state index contributed by atoms with van der Waals surface area (Å²) in [5.74, 6) is -0.850. The molecule has 0 aliphatic rings. The fourth-order valence-corrected chi connectivity index (χ4v) is 7.35. The van der Waals surface area contributed by atoms with Crippen molar-refractivity contribution >= 4 is 19.8 Å². The van der Waals surface area contributed by atoms with Crippen LogP contribution in [0.4, 0.5) is 0 Å². The Morgan fingerprint density at radius 2 is 0.948 bits per heavy atom. The van der Waals surface area contributed by atoms with E-state index in [0.29, 0.717) is 6.42 Å². The molecule has 0 spiro atoms. The molecular formula is C48H88NO8P. The van der Waals surface area contributed by atoms with E-state index in [-0.39, 0.29) is 38.6 Å².